The van der Waals surface area contributed by atoms with Gasteiger partial charge in [0.25, 0.3) is 0 Å². The summed E-state index contributed by atoms with van der Waals surface area (Å²) in [4.78, 5) is 4.36. The molecule has 0 amide bonds. The highest BCUT2D eigenvalue weighted by Gasteiger charge is 2.29. The van der Waals surface area contributed by atoms with E-state index >= 15 is 0 Å². The van der Waals surface area contributed by atoms with E-state index in [0.29, 0.717) is 11.9 Å². The number of rotatable bonds is 7. The van der Waals surface area contributed by atoms with Crippen LogP contribution >= 0.6 is 24.0 Å². The minimum Gasteiger partial charge on any atom is -0.357 e. The average Bonchev–Trinajstić information content (AvgIpc) is 2.24. The molecule has 0 rings (SSSR count). The fourth-order valence-electron chi connectivity index (χ4n) is 1.21. The molecule has 0 aliphatic heterocycles. The number of nitrogens with zero attached hydrogens (tertiary/aromatic N) is 1. The molecule has 0 saturated heterocycles. The van der Waals surface area contributed by atoms with Crippen molar-refractivity contribution in [2.75, 3.05) is 25.9 Å². The molecule has 0 bridgehead atoms. The maximum atomic E-state index is 11.6. The van der Waals surface area contributed by atoms with Gasteiger partial charge in [-0.2, -0.15) is 0 Å². The van der Waals surface area contributed by atoms with Gasteiger partial charge in [-0.1, -0.05) is 13.8 Å². The fourth-order valence-corrected chi connectivity index (χ4v) is 1.51. The minimum absolute atomic E-state index is 0. The first-order chi connectivity index (χ1) is 8.60. The molecule has 20 heavy (non-hydrogen) atoms. The number of hydrogen-bond donors (Lipinski definition) is 2. The van der Waals surface area contributed by atoms with Gasteiger partial charge in [0.1, 0.15) is 0 Å². The summed E-state index contributed by atoms with van der Waals surface area (Å²) in [6, 6.07) is 0. The van der Waals surface area contributed by atoms with Crippen molar-refractivity contribution in [1.29, 1.82) is 0 Å². The second-order valence-electron chi connectivity index (χ2n) is 5.84. The molecule has 5 nitrogen and oxygen atoms in total. The third kappa shape index (κ3) is 8.99. The standard InChI is InChI=1S/C13H29N3O2S.HI/c1-7-14-12(15-9-8-11(2)3)16-10-13(4,5)19(6,17)18;/h11H,7-10H2,1-6H3,(H2,14,15,16);1H. The molecule has 0 heterocycles. The predicted octanol–water partition coefficient (Wildman–Crippen LogP) is 2.03. The summed E-state index contributed by atoms with van der Waals surface area (Å²) in [6.45, 7) is 11.6. The Hall–Kier alpha value is -0.0500. The van der Waals surface area contributed by atoms with E-state index in [1.165, 1.54) is 6.26 Å². The summed E-state index contributed by atoms with van der Waals surface area (Å²) in [5.41, 5.74) is 0. The second kappa shape index (κ2) is 9.81. The van der Waals surface area contributed by atoms with Crippen LogP contribution in [0.3, 0.4) is 0 Å². The van der Waals surface area contributed by atoms with Gasteiger partial charge in [0.2, 0.25) is 0 Å². The van der Waals surface area contributed by atoms with Crippen LogP contribution < -0.4 is 10.6 Å². The number of sulfone groups is 1. The third-order valence-electron chi connectivity index (χ3n) is 2.98. The van der Waals surface area contributed by atoms with Crippen LogP contribution in [0.1, 0.15) is 41.0 Å². The Balaban J connectivity index is 0. The molecule has 0 atom stereocenters. The Morgan fingerprint density at radius 3 is 2.20 bits per heavy atom. The Labute approximate surface area is 141 Å². The van der Waals surface area contributed by atoms with Crippen LogP contribution in [0, 0.1) is 5.92 Å². The molecule has 0 spiro atoms. The van der Waals surface area contributed by atoms with E-state index < -0.39 is 14.6 Å². The van der Waals surface area contributed by atoms with Gasteiger partial charge in [0.05, 0.1) is 11.3 Å². The summed E-state index contributed by atoms with van der Waals surface area (Å²) in [5.74, 6) is 1.31. The van der Waals surface area contributed by atoms with E-state index in [9.17, 15) is 8.42 Å². The molecule has 0 aromatic rings. The second-order valence-corrected chi connectivity index (χ2v) is 8.49. The summed E-state index contributed by atoms with van der Waals surface area (Å²) < 4.78 is 22.4. The lowest BCUT2D eigenvalue weighted by Gasteiger charge is -2.21. The first kappa shape index (κ1) is 22.2. The number of nitrogens with one attached hydrogen (secondary N) is 2. The van der Waals surface area contributed by atoms with Gasteiger partial charge >= 0.3 is 0 Å². The SMILES string of the molecule is CCNC(=NCC(C)(C)S(C)(=O)=O)NCCC(C)C.I. The third-order valence-corrected chi connectivity index (χ3v) is 5.12. The number of halogens is 1. The molecule has 0 fully saturated rings. The van der Waals surface area contributed by atoms with E-state index in [1.54, 1.807) is 13.8 Å². The van der Waals surface area contributed by atoms with E-state index in [-0.39, 0.29) is 30.5 Å². The summed E-state index contributed by atoms with van der Waals surface area (Å²) in [5, 5.41) is 6.34. The van der Waals surface area contributed by atoms with Gasteiger partial charge < -0.3 is 10.6 Å². The van der Waals surface area contributed by atoms with Crippen LogP contribution in [-0.4, -0.2) is 45.0 Å². The summed E-state index contributed by atoms with van der Waals surface area (Å²) in [7, 11) is -3.11. The Bertz CT molecular complexity index is 392. The molecular weight excluding hydrogens is 389 g/mol. The van der Waals surface area contributed by atoms with Crippen molar-refractivity contribution in [1.82, 2.24) is 10.6 Å². The maximum Gasteiger partial charge on any atom is 0.191 e. The van der Waals surface area contributed by atoms with E-state index in [1.807, 2.05) is 6.92 Å². The molecule has 0 unspecified atom stereocenters. The smallest absolute Gasteiger partial charge is 0.191 e. The topological polar surface area (TPSA) is 70.6 Å². The van der Waals surface area contributed by atoms with Crippen molar-refractivity contribution in [2.24, 2.45) is 10.9 Å². The van der Waals surface area contributed by atoms with Crippen molar-refractivity contribution in [3.63, 3.8) is 0 Å². The highest BCUT2D eigenvalue weighted by Crippen LogP contribution is 2.15. The van der Waals surface area contributed by atoms with Crippen molar-refractivity contribution in [2.45, 2.75) is 45.8 Å². The van der Waals surface area contributed by atoms with Crippen LogP contribution in [0.4, 0.5) is 0 Å². The van der Waals surface area contributed by atoms with Crippen molar-refractivity contribution >= 4 is 39.8 Å². The molecule has 2 N–H and O–H groups in total. The average molecular weight is 419 g/mol. The number of guanidine groups is 1. The molecule has 0 aliphatic rings. The lowest BCUT2D eigenvalue weighted by atomic mass is 10.1. The van der Waals surface area contributed by atoms with Crippen LogP contribution in [-0.2, 0) is 9.84 Å². The van der Waals surface area contributed by atoms with E-state index in [4.69, 9.17) is 0 Å². The molecular formula is C13H30IN3O2S. The normalized spacial score (nSPS) is 13.1. The van der Waals surface area contributed by atoms with Gasteiger partial charge in [-0.3, -0.25) is 4.99 Å². The largest absolute Gasteiger partial charge is 0.357 e. The van der Waals surface area contributed by atoms with Gasteiger partial charge in [-0.05, 0) is 33.1 Å². The fraction of sp³-hybridized carbons (Fsp3) is 0.923. The highest BCUT2D eigenvalue weighted by atomic mass is 127. The lowest BCUT2D eigenvalue weighted by molar-refractivity contribution is 0.553. The quantitative estimate of drug-likeness (QED) is 0.377. The monoisotopic (exact) mass is 419 g/mol. The van der Waals surface area contributed by atoms with Crippen molar-refractivity contribution < 1.29 is 8.42 Å². The molecule has 0 aliphatic carbocycles. The molecule has 0 aromatic heterocycles. The molecule has 0 radical (unpaired) electrons. The Morgan fingerprint density at radius 2 is 1.80 bits per heavy atom. The van der Waals surface area contributed by atoms with Gasteiger partial charge in [0, 0.05) is 19.3 Å². The zero-order valence-corrected chi connectivity index (χ0v) is 16.6. The maximum absolute atomic E-state index is 11.6. The first-order valence-corrected chi connectivity index (χ1v) is 8.71. The molecule has 122 valence electrons. The first-order valence-electron chi connectivity index (χ1n) is 6.82. The summed E-state index contributed by atoms with van der Waals surface area (Å²) >= 11 is 0. The Kier molecular flexibility index (Phi) is 10.9. The van der Waals surface area contributed by atoms with Crippen LogP contribution in [0.5, 0.6) is 0 Å². The number of hydrogen-bond acceptors (Lipinski definition) is 3. The summed E-state index contributed by atoms with van der Waals surface area (Å²) in [6.07, 6.45) is 2.31. The van der Waals surface area contributed by atoms with Gasteiger partial charge in [0.15, 0.2) is 15.8 Å². The highest BCUT2D eigenvalue weighted by molar-refractivity contribution is 14.0. The van der Waals surface area contributed by atoms with Crippen LogP contribution in [0.2, 0.25) is 0 Å². The van der Waals surface area contributed by atoms with Gasteiger partial charge in [-0.15, -0.1) is 24.0 Å². The Morgan fingerprint density at radius 1 is 1.25 bits per heavy atom. The van der Waals surface area contributed by atoms with Gasteiger partial charge in [-0.25, -0.2) is 8.42 Å². The molecule has 0 saturated carbocycles. The zero-order valence-electron chi connectivity index (χ0n) is 13.5. The minimum atomic E-state index is -3.11. The van der Waals surface area contributed by atoms with E-state index in [2.05, 4.69) is 29.5 Å². The van der Waals surface area contributed by atoms with Crippen molar-refractivity contribution in [3.8, 4) is 0 Å². The molecule has 7 heteroatoms. The van der Waals surface area contributed by atoms with Crippen LogP contribution in [0.15, 0.2) is 4.99 Å². The zero-order chi connectivity index (χ0) is 15.1. The lowest BCUT2D eigenvalue weighted by Crippen LogP contribution is -2.41. The molecule has 0 aromatic carbocycles. The number of aliphatic imine (C=N–C) groups is 1. The predicted molar refractivity (Wildman–Crippen MR) is 97.8 cm³/mol. The van der Waals surface area contributed by atoms with Crippen LogP contribution in [0.25, 0.3) is 0 Å². The van der Waals surface area contributed by atoms with Crippen molar-refractivity contribution in [3.05, 3.63) is 0 Å². The van der Waals surface area contributed by atoms with E-state index in [0.717, 1.165) is 19.5 Å².